The van der Waals surface area contributed by atoms with Crippen LogP contribution in [-0.2, 0) is 0 Å². The Morgan fingerprint density at radius 1 is 0.683 bits per heavy atom. The van der Waals surface area contributed by atoms with E-state index in [-0.39, 0.29) is 29.7 Å². The predicted octanol–water partition coefficient (Wildman–Crippen LogP) is 5.70. The molecule has 0 aromatic heterocycles. The SMILES string of the molecule is COc1cc(/C=C\c2cc(O)c(OC)c(NC(C)CC(=O)c3cc(OC)c(OC)c(OC)c3)c2)cc(OC)c1OC. The van der Waals surface area contributed by atoms with Crippen LogP contribution >= 0.6 is 0 Å². The Morgan fingerprint density at radius 2 is 1.12 bits per heavy atom. The summed E-state index contributed by atoms with van der Waals surface area (Å²) in [5.74, 6) is 2.83. The summed E-state index contributed by atoms with van der Waals surface area (Å²) in [5, 5.41) is 14.0. The van der Waals surface area contributed by atoms with Crippen LogP contribution in [0.1, 0.15) is 34.8 Å². The first-order valence-electron chi connectivity index (χ1n) is 12.7. The predicted molar refractivity (Wildman–Crippen MR) is 158 cm³/mol. The van der Waals surface area contributed by atoms with Gasteiger partial charge in [0.1, 0.15) is 0 Å². The Bertz CT molecular complexity index is 1350. The van der Waals surface area contributed by atoms with Gasteiger partial charge in [0.15, 0.2) is 40.3 Å². The van der Waals surface area contributed by atoms with Gasteiger partial charge in [0, 0.05) is 18.0 Å². The largest absolute Gasteiger partial charge is 0.504 e. The second-order valence-electron chi connectivity index (χ2n) is 9.00. The zero-order valence-electron chi connectivity index (χ0n) is 24.6. The average Bonchev–Trinajstić information content (AvgIpc) is 2.98. The molecule has 0 saturated heterocycles. The monoisotopic (exact) mass is 567 g/mol. The molecule has 0 spiro atoms. The van der Waals surface area contributed by atoms with Crippen LogP contribution in [0.25, 0.3) is 12.2 Å². The molecule has 1 atom stereocenters. The van der Waals surface area contributed by atoms with Crippen LogP contribution in [0, 0.1) is 0 Å². The van der Waals surface area contributed by atoms with E-state index in [1.54, 1.807) is 39.5 Å². The molecular weight excluding hydrogens is 530 g/mol. The van der Waals surface area contributed by atoms with Gasteiger partial charge in [0.05, 0.1) is 55.5 Å². The third kappa shape index (κ3) is 7.08. The van der Waals surface area contributed by atoms with Crippen molar-refractivity contribution in [2.75, 3.05) is 55.1 Å². The van der Waals surface area contributed by atoms with Gasteiger partial charge in [-0.15, -0.1) is 0 Å². The van der Waals surface area contributed by atoms with Gasteiger partial charge in [-0.3, -0.25) is 4.79 Å². The molecule has 0 fully saturated rings. The van der Waals surface area contributed by atoms with Crippen molar-refractivity contribution in [1.82, 2.24) is 0 Å². The Labute approximate surface area is 240 Å². The molecule has 0 heterocycles. The molecule has 0 bridgehead atoms. The topological polar surface area (TPSA) is 114 Å². The van der Waals surface area contributed by atoms with Crippen molar-refractivity contribution in [3.63, 3.8) is 0 Å². The molecule has 0 aliphatic carbocycles. The van der Waals surface area contributed by atoms with Crippen LogP contribution in [0.15, 0.2) is 36.4 Å². The molecule has 0 radical (unpaired) electrons. The third-order valence-corrected chi connectivity index (χ3v) is 6.33. The number of carbonyl (C=O) groups excluding carboxylic acids is 1. The van der Waals surface area contributed by atoms with Gasteiger partial charge in [-0.25, -0.2) is 0 Å². The molecule has 2 N–H and O–H groups in total. The summed E-state index contributed by atoms with van der Waals surface area (Å²) in [6, 6.07) is 9.98. The number of nitrogens with one attached hydrogen (secondary N) is 1. The molecule has 0 saturated carbocycles. The minimum Gasteiger partial charge on any atom is -0.504 e. The van der Waals surface area contributed by atoms with Gasteiger partial charge in [-0.05, 0) is 54.4 Å². The van der Waals surface area contributed by atoms with Gasteiger partial charge in [-0.1, -0.05) is 12.2 Å². The van der Waals surface area contributed by atoms with Crippen LogP contribution in [0.5, 0.6) is 46.0 Å². The van der Waals surface area contributed by atoms with Gasteiger partial charge < -0.3 is 43.6 Å². The normalized spacial score (nSPS) is 11.5. The highest BCUT2D eigenvalue weighted by Gasteiger charge is 2.20. The standard InChI is InChI=1S/C31H37NO9/c1-18(11-23(33)21-16-27(37-4)31(41-8)28(17-21)38-5)32-22-12-19(13-24(34)29(22)39-6)9-10-20-14-25(35-2)30(40-7)26(15-20)36-3/h9-10,12-18,32,34H,11H2,1-8H3/b10-9-. The summed E-state index contributed by atoms with van der Waals surface area (Å²) >= 11 is 0. The molecule has 3 aromatic rings. The molecule has 3 aromatic carbocycles. The van der Waals surface area contributed by atoms with Crippen molar-refractivity contribution in [3.05, 3.63) is 53.1 Å². The Kier molecular flexibility index (Phi) is 10.6. The number of phenolic OH excluding ortho intramolecular Hbond substituents is 1. The van der Waals surface area contributed by atoms with E-state index in [2.05, 4.69) is 5.32 Å². The number of benzene rings is 3. The van der Waals surface area contributed by atoms with Gasteiger partial charge >= 0.3 is 0 Å². The summed E-state index contributed by atoms with van der Waals surface area (Å²) in [5.41, 5.74) is 2.45. The van der Waals surface area contributed by atoms with E-state index < -0.39 is 0 Å². The zero-order chi connectivity index (χ0) is 30.1. The summed E-state index contributed by atoms with van der Waals surface area (Å²) in [7, 11) is 10.6. The number of methoxy groups -OCH3 is 7. The van der Waals surface area contributed by atoms with E-state index in [9.17, 15) is 9.90 Å². The minimum atomic E-state index is -0.316. The van der Waals surface area contributed by atoms with E-state index in [0.29, 0.717) is 51.3 Å². The van der Waals surface area contributed by atoms with Crippen LogP contribution < -0.4 is 38.5 Å². The number of carbonyl (C=O) groups is 1. The van der Waals surface area contributed by atoms with Crippen molar-refractivity contribution in [2.24, 2.45) is 0 Å². The third-order valence-electron chi connectivity index (χ3n) is 6.33. The first kappa shape index (κ1) is 30.8. The highest BCUT2D eigenvalue weighted by atomic mass is 16.5. The molecule has 10 heteroatoms. The first-order chi connectivity index (χ1) is 19.7. The molecule has 220 valence electrons. The van der Waals surface area contributed by atoms with Crippen molar-refractivity contribution in [3.8, 4) is 46.0 Å². The fraction of sp³-hybridized carbons (Fsp3) is 0.323. The van der Waals surface area contributed by atoms with E-state index in [0.717, 1.165) is 5.56 Å². The number of Topliss-reactive ketones (excluding diaryl/α,β-unsaturated/α-hetero) is 1. The lowest BCUT2D eigenvalue weighted by atomic mass is 10.0. The highest BCUT2D eigenvalue weighted by molar-refractivity contribution is 5.98. The fourth-order valence-electron chi connectivity index (χ4n) is 4.40. The zero-order valence-corrected chi connectivity index (χ0v) is 24.6. The molecule has 41 heavy (non-hydrogen) atoms. The Balaban J connectivity index is 1.85. The van der Waals surface area contributed by atoms with Gasteiger partial charge in [0.25, 0.3) is 0 Å². The molecule has 10 nitrogen and oxygen atoms in total. The number of anilines is 1. The maximum Gasteiger partial charge on any atom is 0.203 e. The average molecular weight is 568 g/mol. The number of rotatable bonds is 14. The fourth-order valence-corrected chi connectivity index (χ4v) is 4.40. The van der Waals surface area contributed by atoms with Crippen LogP contribution in [0.2, 0.25) is 0 Å². The highest BCUT2D eigenvalue weighted by Crippen LogP contribution is 2.41. The van der Waals surface area contributed by atoms with Crippen molar-refractivity contribution in [1.29, 1.82) is 0 Å². The number of phenols is 1. The molecule has 1 unspecified atom stereocenters. The van der Waals surface area contributed by atoms with E-state index >= 15 is 0 Å². The Morgan fingerprint density at radius 3 is 1.56 bits per heavy atom. The summed E-state index contributed by atoms with van der Waals surface area (Å²) in [4.78, 5) is 13.2. The Hall–Kier alpha value is -4.73. The van der Waals surface area contributed by atoms with E-state index in [1.165, 1.54) is 28.4 Å². The molecule has 0 aliphatic heterocycles. The smallest absolute Gasteiger partial charge is 0.203 e. The molecule has 0 amide bonds. The van der Waals surface area contributed by atoms with Gasteiger partial charge in [-0.2, -0.15) is 0 Å². The second-order valence-corrected chi connectivity index (χ2v) is 9.00. The summed E-state index contributed by atoms with van der Waals surface area (Å²) in [6.45, 7) is 1.87. The van der Waals surface area contributed by atoms with Crippen LogP contribution in [-0.4, -0.2) is 66.7 Å². The molecule has 0 aliphatic rings. The minimum absolute atomic E-state index is 0.0507. The molecule has 3 rings (SSSR count). The summed E-state index contributed by atoms with van der Waals surface area (Å²) in [6.07, 6.45) is 3.83. The lowest BCUT2D eigenvalue weighted by molar-refractivity contribution is 0.0977. The second kappa shape index (κ2) is 14.1. The first-order valence-corrected chi connectivity index (χ1v) is 12.7. The summed E-state index contributed by atoms with van der Waals surface area (Å²) < 4.78 is 37.8. The lowest BCUT2D eigenvalue weighted by Gasteiger charge is -2.19. The number of ketones is 1. The van der Waals surface area contributed by atoms with Crippen molar-refractivity contribution >= 4 is 23.6 Å². The van der Waals surface area contributed by atoms with Crippen LogP contribution in [0.3, 0.4) is 0 Å². The number of aromatic hydroxyl groups is 1. The number of hydrogen-bond donors (Lipinski definition) is 2. The lowest BCUT2D eigenvalue weighted by Crippen LogP contribution is -2.20. The van der Waals surface area contributed by atoms with Crippen molar-refractivity contribution < 1.29 is 43.1 Å². The maximum absolute atomic E-state index is 13.2. The van der Waals surface area contributed by atoms with Crippen molar-refractivity contribution in [2.45, 2.75) is 19.4 Å². The number of ether oxygens (including phenoxy) is 7. The van der Waals surface area contributed by atoms with E-state index in [4.69, 9.17) is 33.2 Å². The van der Waals surface area contributed by atoms with Crippen LogP contribution in [0.4, 0.5) is 5.69 Å². The number of hydrogen-bond acceptors (Lipinski definition) is 10. The van der Waals surface area contributed by atoms with Gasteiger partial charge in [0.2, 0.25) is 11.5 Å². The molecular formula is C31H37NO9. The quantitative estimate of drug-likeness (QED) is 0.186. The van der Waals surface area contributed by atoms with E-state index in [1.807, 2.05) is 37.3 Å². The maximum atomic E-state index is 13.2.